The highest BCUT2D eigenvalue weighted by Gasteiger charge is 2.11. The predicted molar refractivity (Wildman–Crippen MR) is 40.6 cm³/mol. The van der Waals surface area contributed by atoms with Crippen LogP contribution in [0.1, 0.15) is 13.8 Å². The van der Waals surface area contributed by atoms with Crippen LogP contribution in [0.4, 0.5) is 0 Å². The SMILES string of the molecule is CC(C)(CBr)N=CN. The number of alkyl halides is 1. The normalized spacial score (nSPS) is 12.9. The maximum Gasteiger partial charge on any atom is 0.0804 e. The van der Waals surface area contributed by atoms with Gasteiger partial charge in [-0.3, -0.25) is 4.99 Å². The summed E-state index contributed by atoms with van der Waals surface area (Å²) in [5.41, 5.74) is 5.03. The van der Waals surface area contributed by atoms with E-state index < -0.39 is 0 Å². The molecule has 2 N–H and O–H groups in total. The number of halogens is 1. The number of nitrogens with zero attached hydrogens (tertiary/aromatic N) is 1. The van der Waals surface area contributed by atoms with Gasteiger partial charge in [-0.15, -0.1) is 0 Å². The predicted octanol–water partition coefficient (Wildman–Crippen LogP) is 1.15. The van der Waals surface area contributed by atoms with Crippen molar-refractivity contribution in [2.45, 2.75) is 19.4 Å². The van der Waals surface area contributed by atoms with Crippen molar-refractivity contribution in [3.05, 3.63) is 0 Å². The summed E-state index contributed by atoms with van der Waals surface area (Å²) in [6, 6.07) is 0. The minimum absolute atomic E-state index is 0.0469. The number of hydrogen-bond acceptors (Lipinski definition) is 1. The Morgan fingerprint density at radius 2 is 2.25 bits per heavy atom. The van der Waals surface area contributed by atoms with Crippen LogP contribution in [-0.4, -0.2) is 17.2 Å². The van der Waals surface area contributed by atoms with Crippen molar-refractivity contribution in [1.82, 2.24) is 0 Å². The average molecular weight is 179 g/mol. The van der Waals surface area contributed by atoms with Crippen molar-refractivity contribution in [3.8, 4) is 0 Å². The van der Waals surface area contributed by atoms with Crippen LogP contribution in [0.3, 0.4) is 0 Å². The van der Waals surface area contributed by atoms with Crippen LogP contribution in [0, 0.1) is 0 Å². The van der Waals surface area contributed by atoms with Crippen LogP contribution in [-0.2, 0) is 0 Å². The Labute approximate surface area is 58.3 Å². The molecule has 0 heterocycles. The molecule has 0 aliphatic heterocycles. The highest BCUT2D eigenvalue weighted by Crippen LogP contribution is 2.10. The van der Waals surface area contributed by atoms with E-state index in [1.165, 1.54) is 6.34 Å². The lowest BCUT2D eigenvalue weighted by molar-refractivity contribution is 0.601. The molecule has 0 saturated heterocycles. The fraction of sp³-hybridized carbons (Fsp3) is 0.800. The van der Waals surface area contributed by atoms with Gasteiger partial charge >= 0.3 is 0 Å². The molecule has 0 aromatic heterocycles. The Hall–Kier alpha value is -0.0500. The second-order valence-corrected chi connectivity index (χ2v) is 2.78. The lowest BCUT2D eigenvalue weighted by atomic mass is 10.1. The molecule has 48 valence electrons. The minimum atomic E-state index is -0.0469. The Bertz CT molecular complexity index is 88.4. The van der Waals surface area contributed by atoms with Gasteiger partial charge in [0.05, 0.1) is 11.9 Å². The Balaban J connectivity index is 3.71. The van der Waals surface area contributed by atoms with Gasteiger partial charge in [0.15, 0.2) is 0 Å². The molecule has 0 unspecified atom stereocenters. The zero-order chi connectivity index (χ0) is 6.62. The summed E-state index contributed by atoms with van der Waals surface area (Å²) in [6.07, 6.45) is 1.33. The quantitative estimate of drug-likeness (QED) is 0.385. The smallest absolute Gasteiger partial charge is 0.0804 e. The minimum Gasteiger partial charge on any atom is -0.390 e. The molecule has 0 bridgehead atoms. The first kappa shape index (κ1) is 7.95. The summed E-state index contributed by atoms with van der Waals surface area (Å²) in [4.78, 5) is 3.98. The molecule has 0 aromatic carbocycles. The number of nitrogens with two attached hydrogens (primary N) is 1. The van der Waals surface area contributed by atoms with E-state index in [0.717, 1.165) is 5.33 Å². The van der Waals surface area contributed by atoms with Gasteiger partial charge in [0, 0.05) is 5.33 Å². The fourth-order valence-corrected chi connectivity index (χ4v) is 0.381. The summed E-state index contributed by atoms with van der Waals surface area (Å²) < 4.78 is 0. The van der Waals surface area contributed by atoms with E-state index >= 15 is 0 Å². The first-order chi connectivity index (χ1) is 3.62. The first-order valence-electron chi connectivity index (χ1n) is 2.44. The lowest BCUT2D eigenvalue weighted by Crippen LogP contribution is -2.19. The molecule has 0 amide bonds. The van der Waals surface area contributed by atoms with E-state index in [1.807, 2.05) is 13.8 Å². The molecule has 0 aliphatic rings. The number of hydrogen-bond donors (Lipinski definition) is 1. The molecule has 0 aliphatic carbocycles. The molecule has 0 radical (unpaired) electrons. The maximum atomic E-state index is 5.08. The standard InChI is InChI=1S/C5H11BrN2/c1-5(2,3-6)8-4-7/h4H,3H2,1-2H3,(H2,7,8). The molecule has 3 heteroatoms. The number of rotatable bonds is 2. The zero-order valence-corrected chi connectivity index (χ0v) is 6.77. The van der Waals surface area contributed by atoms with Crippen molar-refractivity contribution in [3.63, 3.8) is 0 Å². The van der Waals surface area contributed by atoms with Gasteiger partial charge in [-0.05, 0) is 13.8 Å². The topological polar surface area (TPSA) is 38.4 Å². The molecular weight excluding hydrogens is 168 g/mol. The van der Waals surface area contributed by atoms with Crippen LogP contribution in [0.15, 0.2) is 4.99 Å². The second-order valence-electron chi connectivity index (χ2n) is 2.22. The van der Waals surface area contributed by atoms with Gasteiger partial charge in [0.1, 0.15) is 0 Å². The van der Waals surface area contributed by atoms with Crippen LogP contribution in [0.2, 0.25) is 0 Å². The van der Waals surface area contributed by atoms with Crippen LogP contribution in [0.25, 0.3) is 0 Å². The lowest BCUT2D eigenvalue weighted by Gasteiger charge is -2.13. The number of aliphatic imine (C=N–C) groups is 1. The molecule has 0 saturated carbocycles. The van der Waals surface area contributed by atoms with E-state index in [1.54, 1.807) is 0 Å². The van der Waals surface area contributed by atoms with E-state index in [2.05, 4.69) is 20.9 Å². The van der Waals surface area contributed by atoms with E-state index in [0.29, 0.717) is 0 Å². The van der Waals surface area contributed by atoms with Gasteiger partial charge in [-0.1, -0.05) is 15.9 Å². The summed E-state index contributed by atoms with van der Waals surface area (Å²) in [6.45, 7) is 4.01. The van der Waals surface area contributed by atoms with E-state index in [9.17, 15) is 0 Å². The van der Waals surface area contributed by atoms with Gasteiger partial charge < -0.3 is 5.73 Å². The Morgan fingerprint density at radius 3 is 2.38 bits per heavy atom. The molecule has 2 nitrogen and oxygen atoms in total. The molecule has 0 rings (SSSR count). The van der Waals surface area contributed by atoms with Gasteiger partial charge in [0.25, 0.3) is 0 Å². The summed E-state index contributed by atoms with van der Waals surface area (Å²) >= 11 is 3.30. The third-order valence-electron chi connectivity index (χ3n) is 0.751. The largest absolute Gasteiger partial charge is 0.390 e. The van der Waals surface area contributed by atoms with Crippen molar-refractivity contribution in [1.29, 1.82) is 0 Å². The highest BCUT2D eigenvalue weighted by atomic mass is 79.9. The van der Waals surface area contributed by atoms with Crippen molar-refractivity contribution in [2.24, 2.45) is 10.7 Å². The molecule has 0 atom stereocenters. The van der Waals surface area contributed by atoms with Crippen LogP contribution >= 0.6 is 15.9 Å². The van der Waals surface area contributed by atoms with Crippen LogP contribution < -0.4 is 5.73 Å². The van der Waals surface area contributed by atoms with Crippen molar-refractivity contribution >= 4 is 22.3 Å². The van der Waals surface area contributed by atoms with Gasteiger partial charge in [0.2, 0.25) is 0 Å². The molecular formula is C5H11BrN2. The first-order valence-corrected chi connectivity index (χ1v) is 3.56. The third kappa shape index (κ3) is 3.02. The Kier molecular flexibility index (Phi) is 3.05. The van der Waals surface area contributed by atoms with Crippen LogP contribution in [0.5, 0.6) is 0 Å². The average Bonchev–Trinajstić information content (AvgIpc) is 1.67. The Morgan fingerprint density at radius 1 is 1.75 bits per heavy atom. The monoisotopic (exact) mass is 178 g/mol. The van der Waals surface area contributed by atoms with E-state index in [4.69, 9.17) is 5.73 Å². The zero-order valence-electron chi connectivity index (χ0n) is 5.19. The molecule has 0 aromatic rings. The third-order valence-corrected chi connectivity index (χ3v) is 2.12. The maximum absolute atomic E-state index is 5.08. The fourth-order valence-electron chi connectivity index (χ4n) is 0.236. The molecule has 8 heavy (non-hydrogen) atoms. The van der Waals surface area contributed by atoms with Crippen molar-refractivity contribution < 1.29 is 0 Å². The molecule has 0 fully saturated rings. The van der Waals surface area contributed by atoms with Gasteiger partial charge in [-0.2, -0.15) is 0 Å². The van der Waals surface area contributed by atoms with E-state index in [-0.39, 0.29) is 5.54 Å². The van der Waals surface area contributed by atoms with Crippen molar-refractivity contribution in [2.75, 3.05) is 5.33 Å². The highest BCUT2D eigenvalue weighted by molar-refractivity contribution is 9.09. The van der Waals surface area contributed by atoms with Gasteiger partial charge in [-0.25, -0.2) is 0 Å². The summed E-state index contributed by atoms with van der Waals surface area (Å²) in [7, 11) is 0. The summed E-state index contributed by atoms with van der Waals surface area (Å²) in [5.74, 6) is 0. The second kappa shape index (κ2) is 3.07. The molecule has 0 spiro atoms. The summed E-state index contributed by atoms with van der Waals surface area (Å²) in [5, 5.41) is 0.841.